The minimum atomic E-state index is 0.0482. The number of nitrogens with zero attached hydrogens (tertiary/aromatic N) is 2. The minimum absolute atomic E-state index is 0.0482. The average Bonchev–Trinajstić information content (AvgIpc) is 2.29. The largest absolute Gasteiger partial charge is 0.240 e. The summed E-state index contributed by atoms with van der Waals surface area (Å²) in [6.45, 7) is 5.76. The molecular formula is C13H20N2O2. The van der Waals surface area contributed by atoms with E-state index in [0.717, 1.165) is 38.5 Å². The fraction of sp³-hybridized carbons (Fsp3) is 0.692. The Kier molecular flexibility index (Phi) is 10.0. The van der Waals surface area contributed by atoms with Gasteiger partial charge in [-0.3, -0.25) is 0 Å². The van der Waals surface area contributed by atoms with Crippen molar-refractivity contribution >= 4 is 12.2 Å². The van der Waals surface area contributed by atoms with E-state index in [1.54, 1.807) is 6.08 Å². The maximum Gasteiger partial charge on any atom is 0.240 e. The molecule has 17 heavy (non-hydrogen) atoms. The lowest BCUT2D eigenvalue weighted by molar-refractivity contribution is 0.503. The second-order valence-corrected chi connectivity index (χ2v) is 4.03. The summed E-state index contributed by atoms with van der Waals surface area (Å²) in [5.41, 5.74) is 0.530. The molecule has 0 bridgehead atoms. The van der Waals surface area contributed by atoms with Crippen molar-refractivity contribution in [2.75, 3.05) is 0 Å². The number of carbonyl (C=O) groups excluding carboxylic acids is 2. The Labute approximate surface area is 103 Å². The standard InChI is InChI=1S/C13H20N2O2/c1-3-4-5-8-13(15-11-17)9-6-7-12(2)14-10-16/h13H,2-9H2,1H3. The van der Waals surface area contributed by atoms with Gasteiger partial charge in [0.2, 0.25) is 12.2 Å². The van der Waals surface area contributed by atoms with Crippen molar-refractivity contribution in [2.45, 2.75) is 57.9 Å². The molecule has 0 aromatic carbocycles. The van der Waals surface area contributed by atoms with Crippen molar-refractivity contribution in [1.29, 1.82) is 0 Å². The van der Waals surface area contributed by atoms with E-state index in [1.807, 2.05) is 0 Å². The van der Waals surface area contributed by atoms with E-state index in [1.165, 1.54) is 6.08 Å². The summed E-state index contributed by atoms with van der Waals surface area (Å²) in [5.74, 6) is 0. The number of isocyanates is 2. The summed E-state index contributed by atoms with van der Waals surface area (Å²) in [7, 11) is 0. The summed E-state index contributed by atoms with van der Waals surface area (Å²) >= 11 is 0. The second-order valence-electron chi connectivity index (χ2n) is 4.03. The van der Waals surface area contributed by atoms with E-state index >= 15 is 0 Å². The number of hydrogen-bond donors (Lipinski definition) is 0. The Morgan fingerprint density at radius 3 is 2.47 bits per heavy atom. The predicted octanol–water partition coefficient (Wildman–Crippen LogP) is 3.29. The van der Waals surface area contributed by atoms with Crippen molar-refractivity contribution in [3.63, 3.8) is 0 Å². The summed E-state index contributed by atoms with van der Waals surface area (Å²) < 4.78 is 0. The molecule has 0 fully saturated rings. The lowest BCUT2D eigenvalue weighted by Gasteiger charge is -2.09. The molecule has 0 N–H and O–H groups in total. The van der Waals surface area contributed by atoms with Crippen LogP contribution in [0.15, 0.2) is 22.3 Å². The van der Waals surface area contributed by atoms with Crippen LogP contribution in [0.25, 0.3) is 0 Å². The van der Waals surface area contributed by atoms with Crippen molar-refractivity contribution in [3.05, 3.63) is 12.3 Å². The van der Waals surface area contributed by atoms with Gasteiger partial charge in [0.25, 0.3) is 0 Å². The van der Waals surface area contributed by atoms with Crippen LogP contribution in [0.2, 0.25) is 0 Å². The highest BCUT2D eigenvalue weighted by Crippen LogP contribution is 2.15. The van der Waals surface area contributed by atoms with Crippen LogP contribution in [-0.2, 0) is 9.59 Å². The molecule has 0 aromatic rings. The molecule has 0 amide bonds. The maximum absolute atomic E-state index is 10.3. The van der Waals surface area contributed by atoms with Crippen LogP contribution >= 0.6 is 0 Å². The lowest BCUT2D eigenvalue weighted by Crippen LogP contribution is -2.04. The summed E-state index contributed by atoms with van der Waals surface area (Å²) in [5, 5.41) is 0. The fourth-order valence-corrected chi connectivity index (χ4v) is 1.64. The molecule has 0 radical (unpaired) electrons. The molecule has 4 nitrogen and oxygen atoms in total. The van der Waals surface area contributed by atoms with Crippen molar-refractivity contribution in [1.82, 2.24) is 0 Å². The molecule has 0 saturated heterocycles. The zero-order chi connectivity index (χ0) is 12.9. The summed E-state index contributed by atoms with van der Waals surface area (Å²) in [4.78, 5) is 27.5. The Morgan fingerprint density at radius 1 is 1.18 bits per heavy atom. The van der Waals surface area contributed by atoms with Gasteiger partial charge in [0, 0.05) is 5.70 Å². The van der Waals surface area contributed by atoms with Gasteiger partial charge in [-0.15, -0.1) is 0 Å². The third-order valence-corrected chi connectivity index (χ3v) is 2.58. The van der Waals surface area contributed by atoms with E-state index in [4.69, 9.17) is 0 Å². The first-order valence-electron chi connectivity index (χ1n) is 6.07. The third kappa shape index (κ3) is 9.43. The molecule has 0 heterocycles. The van der Waals surface area contributed by atoms with E-state index in [0.29, 0.717) is 12.1 Å². The summed E-state index contributed by atoms with van der Waals surface area (Å²) in [6, 6.07) is 0.0482. The number of unbranched alkanes of at least 4 members (excludes halogenated alkanes) is 2. The number of allylic oxidation sites excluding steroid dienone is 1. The highest BCUT2D eigenvalue weighted by molar-refractivity contribution is 5.36. The van der Waals surface area contributed by atoms with Crippen LogP contribution < -0.4 is 0 Å². The molecule has 0 aliphatic heterocycles. The topological polar surface area (TPSA) is 58.9 Å². The minimum Gasteiger partial charge on any atom is -0.211 e. The molecule has 0 aliphatic rings. The Balaban J connectivity index is 3.87. The zero-order valence-corrected chi connectivity index (χ0v) is 10.4. The molecule has 0 rings (SSSR count). The van der Waals surface area contributed by atoms with Gasteiger partial charge in [-0.25, -0.2) is 14.6 Å². The van der Waals surface area contributed by atoms with Crippen molar-refractivity contribution in [3.8, 4) is 0 Å². The molecule has 0 saturated carbocycles. The van der Waals surface area contributed by atoms with E-state index in [2.05, 4.69) is 23.5 Å². The first-order chi connectivity index (χ1) is 8.24. The van der Waals surface area contributed by atoms with Gasteiger partial charge < -0.3 is 0 Å². The molecule has 0 spiro atoms. The van der Waals surface area contributed by atoms with Crippen LogP contribution in [-0.4, -0.2) is 18.2 Å². The van der Waals surface area contributed by atoms with Gasteiger partial charge in [-0.05, 0) is 25.7 Å². The quantitative estimate of drug-likeness (QED) is 0.332. The van der Waals surface area contributed by atoms with Crippen LogP contribution in [0.5, 0.6) is 0 Å². The zero-order valence-electron chi connectivity index (χ0n) is 10.4. The van der Waals surface area contributed by atoms with Crippen LogP contribution in [0.3, 0.4) is 0 Å². The monoisotopic (exact) mass is 236 g/mol. The number of aliphatic imine (C=N–C) groups is 2. The smallest absolute Gasteiger partial charge is 0.211 e. The number of rotatable bonds is 10. The molecule has 94 valence electrons. The first kappa shape index (κ1) is 15.5. The lowest BCUT2D eigenvalue weighted by atomic mass is 10.0. The Morgan fingerprint density at radius 2 is 1.88 bits per heavy atom. The van der Waals surface area contributed by atoms with Gasteiger partial charge in [0.15, 0.2) is 0 Å². The third-order valence-electron chi connectivity index (χ3n) is 2.58. The highest BCUT2D eigenvalue weighted by atomic mass is 16.1. The molecule has 1 atom stereocenters. The van der Waals surface area contributed by atoms with Gasteiger partial charge >= 0.3 is 0 Å². The maximum atomic E-state index is 10.3. The van der Waals surface area contributed by atoms with Gasteiger partial charge in [0.1, 0.15) is 0 Å². The average molecular weight is 236 g/mol. The van der Waals surface area contributed by atoms with E-state index in [9.17, 15) is 9.59 Å². The molecular weight excluding hydrogens is 216 g/mol. The molecule has 4 heteroatoms. The molecule has 0 aromatic heterocycles. The van der Waals surface area contributed by atoms with Crippen LogP contribution in [0.4, 0.5) is 0 Å². The summed E-state index contributed by atoms with van der Waals surface area (Å²) in [6.07, 6.45) is 9.69. The van der Waals surface area contributed by atoms with Crippen LogP contribution in [0.1, 0.15) is 51.9 Å². The SMILES string of the molecule is C=C(CCCC(CCCCC)N=C=O)N=C=O. The van der Waals surface area contributed by atoms with Gasteiger partial charge in [-0.2, -0.15) is 4.99 Å². The van der Waals surface area contributed by atoms with Gasteiger partial charge in [0.05, 0.1) is 6.04 Å². The first-order valence-corrected chi connectivity index (χ1v) is 6.07. The van der Waals surface area contributed by atoms with Crippen LogP contribution in [0, 0.1) is 0 Å². The van der Waals surface area contributed by atoms with Crippen molar-refractivity contribution < 1.29 is 9.59 Å². The van der Waals surface area contributed by atoms with E-state index < -0.39 is 0 Å². The molecule has 1 unspecified atom stereocenters. The fourth-order valence-electron chi connectivity index (χ4n) is 1.64. The molecule has 0 aliphatic carbocycles. The number of hydrogen-bond acceptors (Lipinski definition) is 4. The van der Waals surface area contributed by atoms with Gasteiger partial charge in [-0.1, -0.05) is 32.8 Å². The highest BCUT2D eigenvalue weighted by Gasteiger charge is 2.06. The van der Waals surface area contributed by atoms with Crippen molar-refractivity contribution in [2.24, 2.45) is 9.98 Å². The predicted molar refractivity (Wildman–Crippen MR) is 67.2 cm³/mol. The normalized spacial score (nSPS) is 11.1. The Bertz CT molecular complexity index is 313. The Hall–Kier alpha value is -1.50. The second kappa shape index (κ2) is 11.0. The van der Waals surface area contributed by atoms with E-state index in [-0.39, 0.29) is 6.04 Å².